The number of anilines is 1. The van der Waals surface area contributed by atoms with Crippen molar-refractivity contribution in [3.8, 4) is 0 Å². The highest BCUT2D eigenvalue weighted by Gasteiger charge is 2.26. The molecule has 1 aliphatic rings. The van der Waals surface area contributed by atoms with Gasteiger partial charge in [0.15, 0.2) is 0 Å². The Morgan fingerprint density at radius 1 is 1.53 bits per heavy atom. The van der Waals surface area contributed by atoms with Gasteiger partial charge in [-0.05, 0) is 54.5 Å². The van der Waals surface area contributed by atoms with Crippen molar-refractivity contribution in [3.05, 3.63) is 31.9 Å². The molecule has 1 atom stereocenters. The summed E-state index contributed by atoms with van der Waals surface area (Å²) in [5.74, 6) is -0.129. The normalized spacial score (nSPS) is 15.7. The number of halogens is 1. The first-order chi connectivity index (χ1) is 8.97. The average molecular weight is 375 g/mol. The molecule has 2 N–H and O–H groups in total. The molecule has 1 unspecified atom stereocenters. The van der Waals surface area contributed by atoms with Crippen LogP contribution in [0.3, 0.4) is 0 Å². The minimum absolute atomic E-state index is 0.0158. The summed E-state index contributed by atoms with van der Waals surface area (Å²) in [6.45, 7) is 1.69. The molecule has 0 aromatic heterocycles. The Labute approximate surface area is 124 Å². The van der Waals surface area contributed by atoms with E-state index in [1.54, 1.807) is 19.1 Å². The molecule has 0 spiro atoms. The second kappa shape index (κ2) is 5.72. The summed E-state index contributed by atoms with van der Waals surface area (Å²) in [5.41, 5.74) is 0.349. The molecule has 102 valence electrons. The van der Waals surface area contributed by atoms with Crippen LogP contribution in [0.15, 0.2) is 18.2 Å². The van der Waals surface area contributed by atoms with Crippen molar-refractivity contribution in [2.75, 3.05) is 5.32 Å². The van der Waals surface area contributed by atoms with Gasteiger partial charge in [0, 0.05) is 15.7 Å². The van der Waals surface area contributed by atoms with Crippen LogP contribution in [0.1, 0.15) is 19.8 Å². The maximum Gasteiger partial charge on any atom is 0.293 e. The van der Waals surface area contributed by atoms with E-state index in [0.717, 1.165) is 16.4 Å². The van der Waals surface area contributed by atoms with E-state index in [1.165, 1.54) is 6.07 Å². The lowest BCUT2D eigenvalue weighted by molar-refractivity contribution is -0.384. The summed E-state index contributed by atoms with van der Waals surface area (Å²) < 4.78 is 0.782. The van der Waals surface area contributed by atoms with Gasteiger partial charge in [0.25, 0.3) is 5.69 Å². The molecule has 0 radical (unpaired) electrons. The molecule has 1 saturated carbocycles. The predicted octanol–water partition coefficient (Wildman–Crippen LogP) is 2.28. The Bertz CT molecular complexity index is 517. The summed E-state index contributed by atoms with van der Waals surface area (Å²) >= 11 is 2.02. The van der Waals surface area contributed by atoms with E-state index in [2.05, 4.69) is 10.6 Å². The van der Waals surface area contributed by atoms with Crippen LogP contribution in [0.4, 0.5) is 11.4 Å². The maximum atomic E-state index is 11.8. The molecule has 6 nitrogen and oxygen atoms in total. The van der Waals surface area contributed by atoms with Crippen molar-refractivity contribution in [2.45, 2.75) is 31.8 Å². The summed E-state index contributed by atoms with van der Waals surface area (Å²) in [5, 5.41) is 16.7. The second-order valence-corrected chi connectivity index (χ2v) is 5.81. The number of nitrogens with one attached hydrogen (secondary N) is 2. The number of carbonyl (C=O) groups is 1. The Morgan fingerprint density at radius 3 is 2.79 bits per heavy atom. The minimum atomic E-state index is -0.501. The zero-order valence-corrected chi connectivity index (χ0v) is 12.5. The molecular weight excluding hydrogens is 361 g/mol. The standard InChI is InChI=1S/C12H14IN3O3/c1-7(12(17)15-9-3-4-9)14-10-5-2-8(13)6-11(10)16(18)19/h2,5-7,9,14H,3-4H2,1H3,(H,15,17). The van der Waals surface area contributed by atoms with E-state index in [4.69, 9.17) is 0 Å². The fourth-order valence-electron chi connectivity index (χ4n) is 1.63. The average Bonchev–Trinajstić information content (AvgIpc) is 3.14. The molecule has 7 heteroatoms. The summed E-state index contributed by atoms with van der Waals surface area (Å²) in [4.78, 5) is 22.3. The Hall–Kier alpha value is -1.38. The third kappa shape index (κ3) is 3.79. The molecule has 2 rings (SSSR count). The number of carbonyl (C=O) groups excluding carboxylic acids is 1. The van der Waals surface area contributed by atoms with E-state index in [1.807, 2.05) is 22.6 Å². The number of nitro benzene ring substituents is 1. The Morgan fingerprint density at radius 2 is 2.21 bits per heavy atom. The first kappa shape index (κ1) is 14.0. The molecule has 19 heavy (non-hydrogen) atoms. The van der Waals surface area contributed by atoms with E-state index >= 15 is 0 Å². The van der Waals surface area contributed by atoms with Crippen molar-refractivity contribution in [1.29, 1.82) is 0 Å². The van der Waals surface area contributed by atoms with Gasteiger partial charge < -0.3 is 10.6 Å². The third-order valence-electron chi connectivity index (χ3n) is 2.85. The van der Waals surface area contributed by atoms with Gasteiger partial charge in [0.1, 0.15) is 11.7 Å². The van der Waals surface area contributed by atoms with Crippen molar-refractivity contribution >= 4 is 39.9 Å². The molecule has 1 aromatic rings. The summed E-state index contributed by atoms with van der Waals surface area (Å²) in [7, 11) is 0. The lowest BCUT2D eigenvalue weighted by atomic mass is 10.2. The van der Waals surface area contributed by atoms with Crippen molar-refractivity contribution < 1.29 is 9.72 Å². The van der Waals surface area contributed by atoms with Gasteiger partial charge in [-0.15, -0.1) is 0 Å². The first-order valence-corrected chi connectivity index (χ1v) is 7.06. The van der Waals surface area contributed by atoms with Crippen LogP contribution < -0.4 is 10.6 Å². The highest BCUT2D eigenvalue weighted by atomic mass is 127. The lowest BCUT2D eigenvalue weighted by Gasteiger charge is -2.15. The van der Waals surface area contributed by atoms with Gasteiger partial charge in [0.2, 0.25) is 5.91 Å². The zero-order chi connectivity index (χ0) is 14.0. The molecule has 0 saturated heterocycles. The van der Waals surface area contributed by atoms with Crippen LogP contribution in [0.25, 0.3) is 0 Å². The van der Waals surface area contributed by atoms with Crippen LogP contribution in [0, 0.1) is 13.7 Å². The lowest BCUT2D eigenvalue weighted by Crippen LogP contribution is -2.38. The maximum absolute atomic E-state index is 11.8. The van der Waals surface area contributed by atoms with Gasteiger partial charge in [-0.25, -0.2) is 0 Å². The van der Waals surface area contributed by atoms with E-state index in [9.17, 15) is 14.9 Å². The van der Waals surface area contributed by atoms with Gasteiger partial charge in [-0.2, -0.15) is 0 Å². The third-order valence-corrected chi connectivity index (χ3v) is 3.52. The fraction of sp³-hybridized carbons (Fsp3) is 0.417. The molecule has 0 heterocycles. The summed E-state index contributed by atoms with van der Waals surface area (Å²) in [6, 6.07) is 4.65. The number of hydrogen-bond donors (Lipinski definition) is 2. The van der Waals surface area contributed by atoms with E-state index in [-0.39, 0.29) is 17.6 Å². The first-order valence-electron chi connectivity index (χ1n) is 5.98. The largest absolute Gasteiger partial charge is 0.368 e. The van der Waals surface area contributed by atoms with Crippen LogP contribution in [-0.2, 0) is 4.79 Å². The molecule has 1 aliphatic carbocycles. The monoisotopic (exact) mass is 375 g/mol. The van der Waals surface area contributed by atoms with E-state index < -0.39 is 11.0 Å². The Balaban J connectivity index is 2.08. The SMILES string of the molecule is CC(Nc1ccc(I)cc1[N+](=O)[O-])C(=O)NC1CC1. The van der Waals surface area contributed by atoms with Crippen LogP contribution in [0.2, 0.25) is 0 Å². The van der Waals surface area contributed by atoms with Crippen LogP contribution >= 0.6 is 22.6 Å². The number of amides is 1. The minimum Gasteiger partial charge on any atom is -0.368 e. The quantitative estimate of drug-likeness (QED) is 0.470. The predicted molar refractivity (Wildman–Crippen MR) is 80.1 cm³/mol. The fourth-order valence-corrected chi connectivity index (χ4v) is 2.11. The van der Waals surface area contributed by atoms with Crippen molar-refractivity contribution in [1.82, 2.24) is 5.32 Å². The molecular formula is C12H14IN3O3. The number of nitro groups is 1. The van der Waals surface area contributed by atoms with Crippen molar-refractivity contribution in [2.24, 2.45) is 0 Å². The number of benzene rings is 1. The number of hydrogen-bond acceptors (Lipinski definition) is 4. The van der Waals surface area contributed by atoms with E-state index in [0.29, 0.717) is 5.69 Å². The molecule has 1 aromatic carbocycles. The van der Waals surface area contributed by atoms with Gasteiger partial charge in [-0.1, -0.05) is 0 Å². The molecule has 0 aliphatic heterocycles. The molecule has 1 amide bonds. The van der Waals surface area contributed by atoms with Gasteiger partial charge in [-0.3, -0.25) is 14.9 Å². The van der Waals surface area contributed by atoms with Crippen LogP contribution in [0.5, 0.6) is 0 Å². The Kier molecular flexibility index (Phi) is 4.23. The topological polar surface area (TPSA) is 84.3 Å². The van der Waals surface area contributed by atoms with Gasteiger partial charge in [0.05, 0.1) is 4.92 Å². The second-order valence-electron chi connectivity index (χ2n) is 4.57. The smallest absolute Gasteiger partial charge is 0.293 e. The number of rotatable bonds is 5. The van der Waals surface area contributed by atoms with Crippen molar-refractivity contribution in [3.63, 3.8) is 0 Å². The van der Waals surface area contributed by atoms with Crippen LogP contribution in [-0.4, -0.2) is 22.9 Å². The molecule has 0 bridgehead atoms. The summed E-state index contributed by atoms with van der Waals surface area (Å²) in [6.07, 6.45) is 2.03. The highest BCUT2D eigenvalue weighted by Crippen LogP contribution is 2.27. The molecule has 1 fully saturated rings. The van der Waals surface area contributed by atoms with Gasteiger partial charge >= 0.3 is 0 Å². The zero-order valence-electron chi connectivity index (χ0n) is 10.4. The number of nitrogens with zero attached hydrogens (tertiary/aromatic N) is 1. The highest BCUT2D eigenvalue weighted by molar-refractivity contribution is 14.1.